The molecule has 0 unspecified atom stereocenters. The smallest absolute Gasteiger partial charge is 0.185 e. The standard InChI is InChI=1S/C16H29N3OS/c1-6-20-12-7-9-19(10-8-12)15-18-14(16(2,3)4)13(21-15)11-17-5/h12,17H,6-11H2,1-5H3. The third kappa shape index (κ3) is 4.18. The van der Waals surface area contributed by atoms with E-state index < -0.39 is 0 Å². The van der Waals surface area contributed by atoms with E-state index >= 15 is 0 Å². The van der Waals surface area contributed by atoms with Crippen molar-refractivity contribution in [3.63, 3.8) is 0 Å². The molecule has 1 aliphatic rings. The molecule has 4 nitrogen and oxygen atoms in total. The van der Waals surface area contributed by atoms with Crippen LogP contribution in [0.5, 0.6) is 0 Å². The number of piperidine rings is 1. The molecular weight excluding hydrogens is 282 g/mol. The van der Waals surface area contributed by atoms with E-state index in [1.807, 2.05) is 18.4 Å². The van der Waals surface area contributed by atoms with E-state index in [4.69, 9.17) is 9.72 Å². The number of ether oxygens (including phenoxy) is 1. The first-order chi connectivity index (χ1) is 9.95. The van der Waals surface area contributed by atoms with E-state index in [1.165, 1.54) is 15.7 Å². The molecule has 1 aromatic rings. The maximum atomic E-state index is 5.74. The average molecular weight is 311 g/mol. The molecule has 0 radical (unpaired) electrons. The van der Waals surface area contributed by atoms with Crippen LogP contribution >= 0.6 is 11.3 Å². The minimum absolute atomic E-state index is 0.102. The number of aromatic nitrogens is 1. The van der Waals surface area contributed by atoms with Crippen LogP contribution in [0.1, 0.15) is 51.1 Å². The second-order valence-corrected chi connectivity index (χ2v) is 7.75. The SMILES string of the molecule is CCOC1CCN(c2nc(C(C)(C)C)c(CNC)s2)CC1. The van der Waals surface area contributed by atoms with E-state index in [2.05, 4.69) is 37.9 Å². The van der Waals surface area contributed by atoms with E-state index in [1.54, 1.807) is 0 Å². The Bertz CT molecular complexity index is 445. The Labute approximate surface area is 132 Å². The van der Waals surface area contributed by atoms with Crippen molar-refractivity contribution in [2.24, 2.45) is 0 Å². The first-order valence-electron chi connectivity index (χ1n) is 7.97. The fourth-order valence-corrected chi connectivity index (χ4v) is 4.12. The second-order valence-electron chi connectivity index (χ2n) is 6.69. The summed E-state index contributed by atoms with van der Waals surface area (Å²) >= 11 is 1.84. The highest BCUT2D eigenvalue weighted by atomic mass is 32.1. The van der Waals surface area contributed by atoms with Gasteiger partial charge < -0.3 is 15.0 Å². The predicted molar refractivity (Wildman–Crippen MR) is 90.4 cm³/mol. The van der Waals surface area contributed by atoms with Crippen molar-refractivity contribution < 1.29 is 4.74 Å². The molecule has 5 heteroatoms. The van der Waals surface area contributed by atoms with E-state index in [-0.39, 0.29) is 5.41 Å². The minimum Gasteiger partial charge on any atom is -0.378 e. The Balaban J connectivity index is 2.10. The molecule has 2 heterocycles. The van der Waals surface area contributed by atoms with E-state index in [9.17, 15) is 0 Å². The van der Waals surface area contributed by atoms with Crippen LogP contribution in [-0.2, 0) is 16.7 Å². The molecule has 0 aromatic carbocycles. The second kappa shape index (κ2) is 7.07. The van der Waals surface area contributed by atoms with Gasteiger partial charge in [-0.25, -0.2) is 4.98 Å². The lowest BCUT2D eigenvalue weighted by Gasteiger charge is -2.31. The first-order valence-corrected chi connectivity index (χ1v) is 8.78. The molecule has 0 saturated carbocycles. The summed E-state index contributed by atoms with van der Waals surface area (Å²) in [5.74, 6) is 0. The Morgan fingerprint density at radius 2 is 2.00 bits per heavy atom. The van der Waals surface area contributed by atoms with Gasteiger partial charge in [0.05, 0.1) is 11.8 Å². The van der Waals surface area contributed by atoms with Gasteiger partial charge in [0.25, 0.3) is 0 Å². The van der Waals surface area contributed by atoms with Crippen LogP contribution < -0.4 is 10.2 Å². The number of rotatable bonds is 5. The summed E-state index contributed by atoms with van der Waals surface area (Å²) in [7, 11) is 2.00. The van der Waals surface area contributed by atoms with Gasteiger partial charge in [0.15, 0.2) is 5.13 Å². The first kappa shape index (κ1) is 16.7. The molecule has 2 rings (SSSR count). The monoisotopic (exact) mass is 311 g/mol. The van der Waals surface area contributed by atoms with Gasteiger partial charge >= 0.3 is 0 Å². The Hall–Kier alpha value is -0.650. The molecule has 1 aromatic heterocycles. The third-order valence-corrected chi connectivity index (χ3v) is 4.96. The van der Waals surface area contributed by atoms with Gasteiger partial charge in [-0.05, 0) is 26.8 Å². The highest BCUT2D eigenvalue weighted by Crippen LogP contribution is 2.35. The molecule has 1 saturated heterocycles. The number of anilines is 1. The Morgan fingerprint density at radius 1 is 1.33 bits per heavy atom. The molecule has 1 N–H and O–H groups in total. The summed E-state index contributed by atoms with van der Waals surface area (Å²) in [6.07, 6.45) is 2.66. The number of hydrogen-bond acceptors (Lipinski definition) is 5. The zero-order valence-electron chi connectivity index (χ0n) is 14.0. The summed E-state index contributed by atoms with van der Waals surface area (Å²) in [5.41, 5.74) is 1.34. The average Bonchev–Trinajstić information content (AvgIpc) is 2.84. The lowest BCUT2D eigenvalue weighted by molar-refractivity contribution is 0.0459. The molecule has 0 amide bonds. The number of nitrogens with one attached hydrogen (secondary N) is 1. The van der Waals surface area contributed by atoms with Crippen LogP contribution in [-0.4, -0.2) is 37.8 Å². The highest BCUT2D eigenvalue weighted by molar-refractivity contribution is 7.15. The zero-order chi connectivity index (χ0) is 15.5. The molecule has 0 aliphatic carbocycles. The fraction of sp³-hybridized carbons (Fsp3) is 0.812. The van der Waals surface area contributed by atoms with E-state index in [0.29, 0.717) is 6.10 Å². The summed E-state index contributed by atoms with van der Waals surface area (Å²) in [6, 6.07) is 0. The van der Waals surface area contributed by atoms with Crippen molar-refractivity contribution >= 4 is 16.5 Å². The molecule has 1 fully saturated rings. The van der Waals surface area contributed by atoms with Crippen LogP contribution in [0, 0.1) is 0 Å². The van der Waals surface area contributed by atoms with Crippen molar-refractivity contribution in [2.45, 2.75) is 58.6 Å². The van der Waals surface area contributed by atoms with Crippen molar-refractivity contribution in [3.05, 3.63) is 10.6 Å². The number of thiazole rings is 1. The quantitative estimate of drug-likeness (QED) is 0.906. The Morgan fingerprint density at radius 3 is 2.52 bits per heavy atom. The van der Waals surface area contributed by atoms with Crippen LogP contribution in [0.2, 0.25) is 0 Å². The predicted octanol–water partition coefficient (Wildman–Crippen LogP) is 3.17. The highest BCUT2D eigenvalue weighted by Gasteiger charge is 2.27. The van der Waals surface area contributed by atoms with Crippen LogP contribution in [0.15, 0.2) is 0 Å². The number of hydrogen-bond donors (Lipinski definition) is 1. The maximum absolute atomic E-state index is 5.74. The topological polar surface area (TPSA) is 37.4 Å². The van der Waals surface area contributed by atoms with Gasteiger partial charge in [-0.1, -0.05) is 20.8 Å². The van der Waals surface area contributed by atoms with Gasteiger partial charge in [-0.15, -0.1) is 11.3 Å². The molecular formula is C16H29N3OS. The summed E-state index contributed by atoms with van der Waals surface area (Å²) in [6.45, 7) is 12.6. The van der Waals surface area contributed by atoms with Gasteiger partial charge in [0.2, 0.25) is 0 Å². The van der Waals surface area contributed by atoms with Crippen molar-refractivity contribution in [1.82, 2.24) is 10.3 Å². The maximum Gasteiger partial charge on any atom is 0.185 e. The van der Waals surface area contributed by atoms with Crippen LogP contribution in [0.25, 0.3) is 0 Å². The zero-order valence-corrected chi connectivity index (χ0v) is 14.8. The minimum atomic E-state index is 0.102. The third-order valence-electron chi connectivity index (χ3n) is 3.85. The summed E-state index contributed by atoms with van der Waals surface area (Å²) < 4.78 is 5.74. The molecule has 0 spiro atoms. The van der Waals surface area contributed by atoms with Crippen LogP contribution in [0.3, 0.4) is 0 Å². The normalized spacial score (nSPS) is 17.5. The molecule has 120 valence electrons. The largest absolute Gasteiger partial charge is 0.378 e. The lowest BCUT2D eigenvalue weighted by atomic mass is 9.91. The van der Waals surface area contributed by atoms with Gasteiger partial charge in [-0.3, -0.25) is 0 Å². The van der Waals surface area contributed by atoms with Crippen molar-refractivity contribution in [2.75, 3.05) is 31.6 Å². The fourth-order valence-electron chi connectivity index (χ4n) is 2.79. The van der Waals surface area contributed by atoms with Crippen LogP contribution in [0.4, 0.5) is 5.13 Å². The van der Waals surface area contributed by atoms with Gasteiger partial charge in [0, 0.05) is 36.5 Å². The van der Waals surface area contributed by atoms with Crippen molar-refractivity contribution in [3.8, 4) is 0 Å². The van der Waals surface area contributed by atoms with Gasteiger partial charge in [0.1, 0.15) is 0 Å². The molecule has 21 heavy (non-hydrogen) atoms. The van der Waals surface area contributed by atoms with E-state index in [0.717, 1.165) is 39.1 Å². The summed E-state index contributed by atoms with van der Waals surface area (Å²) in [5, 5.41) is 4.45. The van der Waals surface area contributed by atoms with Crippen molar-refractivity contribution in [1.29, 1.82) is 0 Å². The molecule has 0 atom stereocenters. The lowest BCUT2D eigenvalue weighted by Crippen LogP contribution is -2.37. The number of nitrogens with zero attached hydrogens (tertiary/aromatic N) is 2. The summed E-state index contributed by atoms with van der Waals surface area (Å²) in [4.78, 5) is 8.75. The van der Waals surface area contributed by atoms with Gasteiger partial charge in [-0.2, -0.15) is 0 Å². The molecule has 0 bridgehead atoms. The molecule has 1 aliphatic heterocycles. The Kier molecular flexibility index (Phi) is 5.63.